The molecular formula is C23H21N3O. The van der Waals surface area contributed by atoms with E-state index in [1.807, 2.05) is 78.9 Å². The topological polar surface area (TPSA) is 81.5 Å². The fourth-order valence-corrected chi connectivity index (χ4v) is 3.90. The molecule has 0 radical (unpaired) electrons. The molecule has 4 rings (SSSR count). The van der Waals surface area contributed by atoms with Gasteiger partial charge in [-0.25, -0.2) is 4.99 Å². The standard InChI is InChI=1S/C23H21N3O/c24-23(25)26-21-19(14-15-8-3-1-4-9-15)22(27)18-13-7-12-17(20(18)21)16-10-5-2-6-11-16/h1-13,19,21H,14H2,(H4,24,25,26). The largest absolute Gasteiger partial charge is 0.370 e. The van der Waals surface area contributed by atoms with E-state index in [9.17, 15) is 4.79 Å². The lowest BCUT2D eigenvalue weighted by molar-refractivity contribution is 0.0924. The third-order valence-electron chi connectivity index (χ3n) is 5.06. The molecular weight excluding hydrogens is 334 g/mol. The average molecular weight is 355 g/mol. The summed E-state index contributed by atoms with van der Waals surface area (Å²) < 4.78 is 0. The minimum atomic E-state index is -0.380. The molecule has 1 aliphatic rings. The van der Waals surface area contributed by atoms with E-state index in [1.54, 1.807) is 0 Å². The summed E-state index contributed by atoms with van der Waals surface area (Å²) in [4.78, 5) is 17.7. The van der Waals surface area contributed by atoms with Gasteiger partial charge in [0.25, 0.3) is 0 Å². The van der Waals surface area contributed by atoms with Gasteiger partial charge in [0.2, 0.25) is 0 Å². The molecule has 2 atom stereocenters. The first-order valence-electron chi connectivity index (χ1n) is 9.00. The Bertz CT molecular complexity index is 993. The number of nitrogens with zero attached hydrogens (tertiary/aromatic N) is 1. The molecule has 134 valence electrons. The Balaban J connectivity index is 1.84. The Kier molecular flexibility index (Phi) is 4.47. The van der Waals surface area contributed by atoms with Gasteiger partial charge < -0.3 is 11.5 Å². The van der Waals surface area contributed by atoms with Gasteiger partial charge in [0, 0.05) is 5.56 Å². The van der Waals surface area contributed by atoms with Crippen LogP contribution in [0.5, 0.6) is 0 Å². The van der Waals surface area contributed by atoms with Gasteiger partial charge in [0.1, 0.15) is 0 Å². The first-order chi connectivity index (χ1) is 13.1. The second-order valence-electron chi connectivity index (χ2n) is 6.79. The number of guanidine groups is 1. The van der Waals surface area contributed by atoms with Crippen LogP contribution in [0, 0.1) is 5.92 Å². The molecule has 0 fully saturated rings. The summed E-state index contributed by atoms with van der Waals surface area (Å²) in [5, 5.41) is 0. The van der Waals surface area contributed by atoms with Crippen molar-refractivity contribution in [3.63, 3.8) is 0 Å². The van der Waals surface area contributed by atoms with E-state index in [1.165, 1.54) is 0 Å². The van der Waals surface area contributed by atoms with Gasteiger partial charge in [-0.1, -0.05) is 78.9 Å². The summed E-state index contributed by atoms with van der Waals surface area (Å²) in [5.41, 5.74) is 16.3. The first-order valence-corrected chi connectivity index (χ1v) is 9.00. The number of aliphatic imine (C=N–C) groups is 1. The van der Waals surface area contributed by atoms with Gasteiger partial charge in [-0.15, -0.1) is 0 Å². The molecule has 4 N–H and O–H groups in total. The summed E-state index contributed by atoms with van der Waals surface area (Å²) in [6.45, 7) is 0. The van der Waals surface area contributed by atoms with E-state index >= 15 is 0 Å². The highest BCUT2D eigenvalue weighted by molar-refractivity contribution is 6.05. The number of benzene rings is 3. The minimum Gasteiger partial charge on any atom is -0.370 e. The minimum absolute atomic E-state index is 0.00146. The lowest BCUT2D eigenvalue weighted by Gasteiger charge is -2.18. The maximum atomic E-state index is 13.2. The molecule has 4 heteroatoms. The van der Waals surface area contributed by atoms with Crippen molar-refractivity contribution in [2.45, 2.75) is 12.5 Å². The Morgan fingerprint density at radius 2 is 1.44 bits per heavy atom. The highest BCUT2D eigenvalue weighted by Crippen LogP contribution is 2.45. The van der Waals surface area contributed by atoms with Gasteiger partial charge in [0.15, 0.2) is 11.7 Å². The molecule has 0 spiro atoms. The first kappa shape index (κ1) is 17.0. The summed E-state index contributed by atoms with van der Waals surface area (Å²) in [6.07, 6.45) is 0.601. The van der Waals surface area contributed by atoms with Crippen molar-refractivity contribution in [3.05, 3.63) is 95.6 Å². The van der Waals surface area contributed by atoms with Crippen molar-refractivity contribution in [1.82, 2.24) is 0 Å². The molecule has 0 saturated carbocycles. The van der Waals surface area contributed by atoms with Crippen molar-refractivity contribution in [2.24, 2.45) is 22.4 Å². The lowest BCUT2D eigenvalue weighted by atomic mass is 9.90. The quantitative estimate of drug-likeness (QED) is 0.553. The van der Waals surface area contributed by atoms with Crippen LogP contribution in [0.3, 0.4) is 0 Å². The Hall–Kier alpha value is -3.40. The lowest BCUT2D eigenvalue weighted by Crippen LogP contribution is -2.26. The zero-order valence-electron chi connectivity index (χ0n) is 14.9. The number of fused-ring (bicyclic) bond motifs is 1. The van der Waals surface area contributed by atoms with Crippen molar-refractivity contribution < 1.29 is 4.79 Å². The van der Waals surface area contributed by atoms with Crippen molar-refractivity contribution in [1.29, 1.82) is 0 Å². The number of ketones is 1. The van der Waals surface area contributed by atoms with Gasteiger partial charge >= 0.3 is 0 Å². The predicted molar refractivity (Wildman–Crippen MR) is 108 cm³/mol. The van der Waals surface area contributed by atoms with Gasteiger partial charge in [0.05, 0.1) is 12.0 Å². The van der Waals surface area contributed by atoms with Crippen LogP contribution >= 0.6 is 0 Å². The van der Waals surface area contributed by atoms with E-state index in [2.05, 4.69) is 4.99 Å². The van der Waals surface area contributed by atoms with E-state index in [-0.39, 0.29) is 23.7 Å². The molecule has 1 aliphatic carbocycles. The normalized spacial score (nSPS) is 18.1. The number of nitrogens with two attached hydrogens (primary N) is 2. The van der Waals surface area contributed by atoms with Crippen LogP contribution < -0.4 is 11.5 Å². The monoisotopic (exact) mass is 355 g/mol. The van der Waals surface area contributed by atoms with Gasteiger partial charge in [-0.3, -0.25) is 4.79 Å². The number of carbonyl (C=O) groups excluding carboxylic acids is 1. The fourth-order valence-electron chi connectivity index (χ4n) is 3.90. The maximum absolute atomic E-state index is 13.2. The summed E-state index contributed by atoms with van der Waals surface area (Å²) in [7, 11) is 0. The second-order valence-corrected chi connectivity index (χ2v) is 6.79. The maximum Gasteiger partial charge on any atom is 0.186 e. The highest BCUT2D eigenvalue weighted by Gasteiger charge is 2.41. The third-order valence-corrected chi connectivity index (χ3v) is 5.06. The van der Waals surface area contributed by atoms with Crippen LogP contribution in [0.4, 0.5) is 0 Å². The number of Topliss-reactive ketones (excluding diaryl/α,β-unsaturated/α-hetero) is 1. The number of rotatable bonds is 4. The smallest absolute Gasteiger partial charge is 0.186 e. The third kappa shape index (κ3) is 3.22. The Morgan fingerprint density at radius 3 is 2.11 bits per heavy atom. The Labute approximate surface area is 158 Å². The van der Waals surface area contributed by atoms with Crippen LogP contribution in [-0.2, 0) is 6.42 Å². The molecule has 0 saturated heterocycles. The average Bonchev–Trinajstić information content (AvgIpc) is 2.95. The molecule has 3 aromatic carbocycles. The summed E-state index contributed by atoms with van der Waals surface area (Å²) >= 11 is 0. The van der Waals surface area contributed by atoms with Crippen molar-refractivity contribution in [2.75, 3.05) is 0 Å². The van der Waals surface area contributed by atoms with E-state index < -0.39 is 0 Å². The van der Waals surface area contributed by atoms with E-state index in [0.29, 0.717) is 12.0 Å². The molecule has 0 amide bonds. The zero-order valence-corrected chi connectivity index (χ0v) is 14.9. The molecule has 4 nitrogen and oxygen atoms in total. The van der Waals surface area contributed by atoms with Gasteiger partial charge in [-0.05, 0) is 28.7 Å². The predicted octanol–water partition coefficient (Wildman–Crippen LogP) is 3.72. The summed E-state index contributed by atoms with van der Waals surface area (Å²) in [5.74, 6) is -0.211. The van der Waals surface area contributed by atoms with Crippen LogP contribution in [0.1, 0.15) is 27.5 Å². The van der Waals surface area contributed by atoms with Crippen LogP contribution in [-0.4, -0.2) is 11.7 Å². The number of hydrogen-bond acceptors (Lipinski definition) is 2. The molecule has 27 heavy (non-hydrogen) atoms. The van der Waals surface area contributed by atoms with E-state index in [4.69, 9.17) is 11.5 Å². The molecule has 0 bridgehead atoms. The molecule has 2 unspecified atom stereocenters. The van der Waals surface area contributed by atoms with Gasteiger partial charge in [-0.2, -0.15) is 0 Å². The highest BCUT2D eigenvalue weighted by atomic mass is 16.1. The molecule has 0 aromatic heterocycles. The Morgan fingerprint density at radius 1 is 0.815 bits per heavy atom. The van der Waals surface area contributed by atoms with Crippen LogP contribution in [0.2, 0.25) is 0 Å². The number of hydrogen-bond donors (Lipinski definition) is 2. The molecule has 0 aliphatic heterocycles. The van der Waals surface area contributed by atoms with Crippen LogP contribution in [0.15, 0.2) is 83.9 Å². The van der Waals surface area contributed by atoms with Crippen molar-refractivity contribution >= 4 is 11.7 Å². The van der Waals surface area contributed by atoms with E-state index in [0.717, 1.165) is 22.3 Å². The summed E-state index contributed by atoms with van der Waals surface area (Å²) in [6, 6.07) is 25.5. The zero-order chi connectivity index (χ0) is 18.8. The second kappa shape index (κ2) is 7.08. The fraction of sp³-hybridized carbons (Fsp3) is 0.130. The van der Waals surface area contributed by atoms with Crippen LogP contribution in [0.25, 0.3) is 11.1 Å². The molecule has 3 aromatic rings. The number of carbonyl (C=O) groups is 1. The molecule has 0 heterocycles. The van der Waals surface area contributed by atoms with Crippen molar-refractivity contribution in [3.8, 4) is 11.1 Å². The SMILES string of the molecule is NC(N)=NC1c2c(cccc2-c2ccccc2)C(=O)C1Cc1ccccc1.